The molecule has 1 heterocycles. The first-order valence-electron chi connectivity index (χ1n) is 6.92. The first-order valence-corrected chi connectivity index (χ1v) is 6.92. The highest BCUT2D eigenvalue weighted by molar-refractivity contribution is 5.77. The lowest BCUT2D eigenvalue weighted by molar-refractivity contribution is 0.112. The SMILES string of the molecule is Cc1cc(C=O)ccc1N1CC=C(C(C)(C)C)CC1. The van der Waals surface area contributed by atoms with Gasteiger partial charge in [-0.3, -0.25) is 4.79 Å². The Morgan fingerprint density at radius 3 is 2.47 bits per heavy atom. The second kappa shape index (κ2) is 5.20. The van der Waals surface area contributed by atoms with Gasteiger partial charge in [0.25, 0.3) is 0 Å². The van der Waals surface area contributed by atoms with E-state index in [1.54, 1.807) is 5.57 Å². The number of benzene rings is 1. The summed E-state index contributed by atoms with van der Waals surface area (Å²) in [5.41, 5.74) is 5.00. The molecule has 1 aromatic rings. The van der Waals surface area contributed by atoms with Gasteiger partial charge in [0.1, 0.15) is 6.29 Å². The fourth-order valence-electron chi connectivity index (χ4n) is 2.68. The van der Waals surface area contributed by atoms with Gasteiger partial charge in [-0.1, -0.05) is 32.4 Å². The molecule has 0 bridgehead atoms. The van der Waals surface area contributed by atoms with Gasteiger partial charge in [-0.25, -0.2) is 0 Å². The Morgan fingerprint density at radius 1 is 1.26 bits per heavy atom. The molecule has 1 aliphatic heterocycles. The van der Waals surface area contributed by atoms with Gasteiger partial charge in [0.15, 0.2) is 0 Å². The van der Waals surface area contributed by atoms with E-state index in [9.17, 15) is 4.79 Å². The van der Waals surface area contributed by atoms with Crippen LogP contribution in [0.3, 0.4) is 0 Å². The van der Waals surface area contributed by atoms with E-state index in [1.165, 1.54) is 11.3 Å². The molecular weight excluding hydrogens is 234 g/mol. The largest absolute Gasteiger partial charge is 0.367 e. The van der Waals surface area contributed by atoms with Crippen LogP contribution in [0.1, 0.15) is 43.1 Å². The fraction of sp³-hybridized carbons (Fsp3) is 0.471. The Morgan fingerprint density at radius 2 is 2.00 bits per heavy atom. The van der Waals surface area contributed by atoms with Crippen LogP contribution in [0.2, 0.25) is 0 Å². The molecule has 2 rings (SSSR count). The van der Waals surface area contributed by atoms with Gasteiger partial charge in [-0.15, -0.1) is 0 Å². The van der Waals surface area contributed by atoms with Gasteiger partial charge < -0.3 is 4.90 Å². The molecule has 1 aromatic carbocycles. The number of aldehydes is 1. The molecule has 0 amide bonds. The number of hydrogen-bond acceptors (Lipinski definition) is 2. The van der Waals surface area contributed by atoms with Crippen molar-refractivity contribution in [1.82, 2.24) is 0 Å². The lowest BCUT2D eigenvalue weighted by Gasteiger charge is -2.34. The molecule has 0 aromatic heterocycles. The van der Waals surface area contributed by atoms with Crippen LogP contribution in [-0.4, -0.2) is 19.4 Å². The zero-order valence-corrected chi connectivity index (χ0v) is 12.4. The van der Waals surface area contributed by atoms with E-state index in [-0.39, 0.29) is 5.41 Å². The molecule has 0 saturated carbocycles. The van der Waals surface area contributed by atoms with Crippen LogP contribution in [-0.2, 0) is 0 Å². The van der Waals surface area contributed by atoms with E-state index in [1.807, 2.05) is 12.1 Å². The summed E-state index contributed by atoms with van der Waals surface area (Å²) in [4.78, 5) is 13.2. The molecule has 0 fully saturated rings. The summed E-state index contributed by atoms with van der Waals surface area (Å²) in [6.45, 7) is 10.9. The highest BCUT2D eigenvalue weighted by atomic mass is 16.1. The summed E-state index contributed by atoms with van der Waals surface area (Å²) in [7, 11) is 0. The third-order valence-electron chi connectivity index (χ3n) is 3.87. The average molecular weight is 257 g/mol. The highest BCUT2D eigenvalue weighted by Crippen LogP contribution is 2.32. The summed E-state index contributed by atoms with van der Waals surface area (Å²) < 4.78 is 0. The molecule has 19 heavy (non-hydrogen) atoms. The number of hydrogen-bond donors (Lipinski definition) is 0. The quantitative estimate of drug-likeness (QED) is 0.590. The van der Waals surface area contributed by atoms with Crippen LogP contribution < -0.4 is 4.90 Å². The number of rotatable bonds is 2. The lowest BCUT2D eigenvalue weighted by Crippen LogP contribution is -2.31. The number of anilines is 1. The third-order valence-corrected chi connectivity index (χ3v) is 3.87. The van der Waals surface area contributed by atoms with E-state index in [0.717, 1.165) is 31.4 Å². The Balaban J connectivity index is 2.18. The van der Waals surface area contributed by atoms with Crippen molar-refractivity contribution in [3.05, 3.63) is 41.0 Å². The van der Waals surface area contributed by atoms with Crippen LogP contribution >= 0.6 is 0 Å². The van der Waals surface area contributed by atoms with E-state index in [0.29, 0.717) is 0 Å². The summed E-state index contributed by atoms with van der Waals surface area (Å²) in [5, 5.41) is 0. The zero-order chi connectivity index (χ0) is 14.0. The standard InChI is InChI=1S/C17H23NO/c1-13-11-14(12-19)5-6-16(13)18-9-7-15(8-10-18)17(2,3)4/h5-7,11-12H,8-10H2,1-4H3. The topological polar surface area (TPSA) is 20.3 Å². The predicted octanol–water partition coefficient (Wildman–Crippen LogP) is 3.99. The molecule has 2 nitrogen and oxygen atoms in total. The van der Waals surface area contributed by atoms with Gasteiger partial charge in [0.05, 0.1) is 0 Å². The minimum Gasteiger partial charge on any atom is -0.367 e. The maximum Gasteiger partial charge on any atom is 0.150 e. The molecule has 0 atom stereocenters. The maximum atomic E-state index is 10.8. The maximum absolute atomic E-state index is 10.8. The lowest BCUT2D eigenvalue weighted by atomic mass is 9.83. The van der Waals surface area contributed by atoms with Gasteiger partial charge in [-0.2, -0.15) is 0 Å². The first kappa shape index (κ1) is 13.9. The number of carbonyl (C=O) groups excluding carboxylic acids is 1. The van der Waals surface area contributed by atoms with Gasteiger partial charge >= 0.3 is 0 Å². The van der Waals surface area contributed by atoms with E-state index in [4.69, 9.17) is 0 Å². The third kappa shape index (κ3) is 3.06. The van der Waals surface area contributed by atoms with Crippen molar-refractivity contribution in [1.29, 1.82) is 0 Å². The van der Waals surface area contributed by atoms with Crippen LogP contribution in [0.5, 0.6) is 0 Å². The number of carbonyl (C=O) groups is 1. The Bertz CT molecular complexity index is 508. The van der Waals surface area contributed by atoms with Crippen molar-refractivity contribution < 1.29 is 4.79 Å². The smallest absolute Gasteiger partial charge is 0.150 e. The van der Waals surface area contributed by atoms with Crippen LogP contribution in [0.4, 0.5) is 5.69 Å². The molecule has 2 heteroatoms. The average Bonchev–Trinajstić information content (AvgIpc) is 2.37. The van der Waals surface area contributed by atoms with Crippen molar-refractivity contribution in [2.45, 2.75) is 34.1 Å². The number of aryl methyl sites for hydroxylation is 1. The van der Waals surface area contributed by atoms with Gasteiger partial charge in [0.2, 0.25) is 0 Å². The van der Waals surface area contributed by atoms with E-state index < -0.39 is 0 Å². The van der Waals surface area contributed by atoms with E-state index >= 15 is 0 Å². The second-order valence-corrected chi connectivity index (χ2v) is 6.34. The second-order valence-electron chi connectivity index (χ2n) is 6.34. The number of nitrogens with zero attached hydrogens (tertiary/aromatic N) is 1. The summed E-state index contributed by atoms with van der Waals surface area (Å²) >= 11 is 0. The van der Waals surface area contributed by atoms with Crippen LogP contribution in [0, 0.1) is 12.3 Å². The monoisotopic (exact) mass is 257 g/mol. The minimum absolute atomic E-state index is 0.280. The molecule has 0 aliphatic carbocycles. The van der Waals surface area contributed by atoms with Crippen molar-refractivity contribution in [2.75, 3.05) is 18.0 Å². The fourth-order valence-corrected chi connectivity index (χ4v) is 2.68. The van der Waals surface area contributed by atoms with Gasteiger partial charge in [0, 0.05) is 24.3 Å². The molecule has 0 saturated heterocycles. The molecule has 0 spiro atoms. The van der Waals surface area contributed by atoms with Crippen LogP contribution in [0.15, 0.2) is 29.8 Å². The zero-order valence-electron chi connectivity index (χ0n) is 12.4. The summed E-state index contributed by atoms with van der Waals surface area (Å²) in [5.74, 6) is 0. The summed E-state index contributed by atoms with van der Waals surface area (Å²) in [6.07, 6.45) is 4.39. The van der Waals surface area contributed by atoms with Crippen LogP contribution in [0.25, 0.3) is 0 Å². The van der Waals surface area contributed by atoms with Crippen molar-refractivity contribution in [3.63, 3.8) is 0 Å². The van der Waals surface area contributed by atoms with Crippen molar-refractivity contribution in [2.24, 2.45) is 5.41 Å². The molecule has 1 aliphatic rings. The van der Waals surface area contributed by atoms with Crippen molar-refractivity contribution in [3.8, 4) is 0 Å². The molecule has 102 valence electrons. The molecule has 0 unspecified atom stereocenters. The summed E-state index contributed by atoms with van der Waals surface area (Å²) in [6, 6.07) is 5.93. The normalized spacial score (nSPS) is 16.2. The molecular formula is C17H23NO. The first-order chi connectivity index (χ1) is 8.91. The molecule has 0 N–H and O–H groups in total. The Labute approximate surface area is 116 Å². The van der Waals surface area contributed by atoms with Gasteiger partial charge in [-0.05, 0) is 42.5 Å². The van der Waals surface area contributed by atoms with E-state index in [2.05, 4.69) is 44.7 Å². The Hall–Kier alpha value is -1.57. The Kier molecular flexibility index (Phi) is 3.79. The molecule has 0 radical (unpaired) electrons. The minimum atomic E-state index is 0.280. The predicted molar refractivity (Wildman–Crippen MR) is 80.9 cm³/mol. The van der Waals surface area contributed by atoms with Crippen molar-refractivity contribution >= 4 is 12.0 Å². The highest BCUT2D eigenvalue weighted by Gasteiger charge is 2.21.